The van der Waals surface area contributed by atoms with Crippen LogP contribution in [0, 0.1) is 0 Å². The van der Waals surface area contributed by atoms with Gasteiger partial charge < -0.3 is 14.8 Å². The molecule has 0 unspecified atom stereocenters. The Morgan fingerprint density at radius 2 is 1.75 bits per heavy atom. The molecule has 1 fully saturated rings. The zero-order valence-corrected chi connectivity index (χ0v) is 22.4. The summed E-state index contributed by atoms with van der Waals surface area (Å²) >= 11 is 0. The lowest BCUT2D eigenvalue weighted by atomic mass is 9.89. The number of hydrogen-bond acceptors (Lipinski definition) is 3. The smallest absolute Gasteiger partial charge is 0.350 e. The number of aromatic nitrogens is 2. The lowest BCUT2D eigenvalue weighted by Crippen LogP contribution is -2.38. The maximum Gasteiger partial charge on any atom is 0.418 e. The molecule has 3 heterocycles. The molecule has 208 valence electrons. The van der Waals surface area contributed by atoms with Crippen LogP contribution in [0.25, 0.3) is 10.9 Å². The Bertz CT molecular complexity index is 1520. The van der Waals surface area contributed by atoms with Gasteiger partial charge in [0.1, 0.15) is 0 Å². The normalized spacial score (nSPS) is 14.6. The summed E-state index contributed by atoms with van der Waals surface area (Å²) in [4.78, 5) is 31.5. The van der Waals surface area contributed by atoms with Gasteiger partial charge in [0.05, 0.1) is 23.1 Å². The van der Waals surface area contributed by atoms with Crippen LogP contribution in [0.4, 0.5) is 18.9 Å². The van der Waals surface area contributed by atoms with E-state index in [1.165, 1.54) is 15.7 Å². The largest absolute Gasteiger partial charge is 0.418 e. The highest BCUT2D eigenvalue weighted by atomic mass is 19.4. The second-order valence-electron chi connectivity index (χ2n) is 10.6. The van der Waals surface area contributed by atoms with Crippen molar-refractivity contribution in [3.8, 4) is 0 Å². The molecule has 0 radical (unpaired) electrons. The minimum absolute atomic E-state index is 0.118. The van der Waals surface area contributed by atoms with E-state index in [1.54, 1.807) is 20.0 Å². The number of likely N-dealkylation sites (tertiary alicyclic amines) is 1. The van der Waals surface area contributed by atoms with Crippen molar-refractivity contribution in [2.45, 2.75) is 51.2 Å². The summed E-state index contributed by atoms with van der Waals surface area (Å²) in [5, 5.41) is 3.92. The third-order valence-corrected chi connectivity index (χ3v) is 7.46. The lowest BCUT2D eigenvalue weighted by molar-refractivity contribution is -0.138. The first-order valence-corrected chi connectivity index (χ1v) is 13.4. The van der Waals surface area contributed by atoms with Gasteiger partial charge in [0.15, 0.2) is 0 Å². The fraction of sp³-hybridized carbons (Fsp3) is 0.323. The SMILES string of the molecule is CC(C)n1cc(C(=O)N2CCC(c3ccc(NC(=O)Cc4ccc5ncccc5c4)cc3)CC2)c(C(F)(F)F)c1. The van der Waals surface area contributed by atoms with E-state index in [0.29, 0.717) is 31.6 Å². The molecule has 9 heteroatoms. The number of hydrogen-bond donors (Lipinski definition) is 1. The van der Waals surface area contributed by atoms with Crippen LogP contribution in [0.1, 0.15) is 65.7 Å². The molecule has 1 N–H and O–H groups in total. The van der Waals surface area contributed by atoms with Crippen LogP contribution >= 0.6 is 0 Å². The fourth-order valence-electron chi connectivity index (χ4n) is 5.22. The number of piperidine rings is 1. The number of fused-ring (bicyclic) bond motifs is 1. The minimum Gasteiger partial charge on any atom is -0.350 e. The molecule has 2 aromatic carbocycles. The molecule has 0 atom stereocenters. The van der Waals surface area contributed by atoms with Crippen LogP contribution in [-0.2, 0) is 17.4 Å². The predicted octanol–water partition coefficient (Wildman–Crippen LogP) is 6.84. The van der Waals surface area contributed by atoms with Crippen LogP contribution in [0.2, 0.25) is 0 Å². The van der Waals surface area contributed by atoms with E-state index in [0.717, 1.165) is 28.2 Å². The van der Waals surface area contributed by atoms with Gasteiger partial charge in [-0.25, -0.2) is 0 Å². The van der Waals surface area contributed by atoms with Crippen molar-refractivity contribution in [2.75, 3.05) is 18.4 Å². The maximum absolute atomic E-state index is 13.6. The topological polar surface area (TPSA) is 67.2 Å². The number of halogens is 3. The fourth-order valence-corrected chi connectivity index (χ4v) is 5.22. The van der Waals surface area contributed by atoms with Gasteiger partial charge in [0.25, 0.3) is 5.91 Å². The molecule has 0 bridgehead atoms. The van der Waals surface area contributed by atoms with Crippen molar-refractivity contribution in [1.29, 1.82) is 0 Å². The van der Waals surface area contributed by atoms with E-state index in [-0.39, 0.29) is 29.9 Å². The number of nitrogens with zero attached hydrogens (tertiary/aromatic N) is 3. The summed E-state index contributed by atoms with van der Waals surface area (Å²) in [7, 11) is 0. The van der Waals surface area contributed by atoms with Gasteiger partial charge in [0.2, 0.25) is 5.91 Å². The van der Waals surface area contributed by atoms with Crippen molar-refractivity contribution in [1.82, 2.24) is 14.5 Å². The first kappa shape index (κ1) is 27.4. The molecular weight excluding hydrogens is 517 g/mol. The summed E-state index contributed by atoms with van der Waals surface area (Å²) in [6.45, 7) is 4.32. The second kappa shape index (κ2) is 11.2. The molecule has 4 aromatic rings. The first-order valence-electron chi connectivity index (χ1n) is 13.4. The number of anilines is 1. The van der Waals surface area contributed by atoms with Gasteiger partial charge in [-0.3, -0.25) is 14.6 Å². The van der Waals surface area contributed by atoms with Gasteiger partial charge in [0, 0.05) is 48.8 Å². The van der Waals surface area contributed by atoms with E-state index < -0.39 is 17.6 Å². The third kappa shape index (κ3) is 6.03. The number of carbonyl (C=O) groups is 2. The Balaban J connectivity index is 1.17. The molecular formula is C31H31F3N4O2. The summed E-state index contributed by atoms with van der Waals surface area (Å²) in [6, 6.07) is 17.1. The monoisotopic (exact) mass is 548 g/mol. The van der Waals surface area contributed by atoms with Crippen molar-refractivity contribution in [3.05, 3.63) is 95.4 Å². The zero-order valence-electron chi connectivity index (χ0n) is 22.4. The predicted molar refractivity (Wildman–Crippen MR) is 148 cm³/mol. The third-order valence-electron chi connectivity index (χ3n) is 7.46. The highest BCUT2D eigenvalue weighted by molar-refractivity contribution is 5.96. The Morgan fingerprint density at radius 1 is 1.02 bits per heavy atom. The maximum atomic E-state index is 13.6. The number of amides is 2. The average molecular weight is 549 g/mol. The van der Waals surface area contributed by atoms with Crippen molar-refractivity contribution >= 4 is 28.4 Å². The van der Waals surface area contributed by atoms with E-state index >= 15 is 0 Å². The highest BCUT2D eigenvalue weighted by Gasteiger charge is 2.38. The first-order chi connectivity index (χ1) is 19.1. The van der Waals surface area contributed by atoms with E-state index in [2.05, 4.69) is 10.3 Å². The van der Waals surface area contributed by atoms with E-state index in [9.17, 15) is 22.8 Å². The second-order valence-corrected chi connectivity index (χ2v) is 10.6. The van der Waals surface area contributed by atoms with Gasteiger partial charge in [-0.1, -0.05) is 24.3 Å². The van der Waals surface area contributed by atoms with Gasteiger partial charge in [-0.2, -0.15) is 13.2 Å². The molecule has 5 rings (SSSR count). The van der Waals surface area contributed by atoms with Crippen LogP contribution < -0.4 is 5.32 Å². The Hall–Kier alpha value is -4.14. The van der Waals surface area contributed by atoms with Crippen molar-refractivity contribution in [2.24, 2.45) is 0 Å². The summed E-state index contributed by atoms with van der Waals surface area (Å²) < 4.78 is 42.2. The Morgan fingerprint density at radius 3 is 2.42 bits per heavy atom. The van der Waals surface area contributed by atoms with E-state index in [4.69, 9.17) is 0 Å². The Kier molecular flexibility index (Phi) is 7.65. The van der Waals surface area contributed by atoms with Gasteiger partial charge >= 0.3 is 6.18 Å². The van der Waals surface area contributed by atoms with Gasteiger partial charge in [-0.05, 0) is 74.1 Å². The van der Waals surface area contributed by atoms with Crippen LogP contribution in [0.5, 0.6) is 0 Å². The molecule has 1 aliphatic rings. The molecule has 2 aromatic heterocycles. The molecule has 0 saturated carbocycles. The average Bonchev–Trinajstić information content (AvgIpc) is 3.40. The van der Waals surface area contributed by atoms with Crippen LogP contribution in [0.3, 0.4) is 0 Å². The Labute approximate surface area is 230 Å². The van der Waals surface area contributed by atoms with Gasteiger partial charge in [-0.15, -0.1) is 0 Å². The van der Waals surface area contributed by atoms with Crippen molar-refractivity contribution in [3.63, 3.8) is 0 Å². The molecule has 6 nitrogen and oxygen atoms in total. The molecule has 1 saturated heterocycles. The number of benzene rings is 2. The molecule has 40 heavy (non-hydrogen) atoms. The number of rotatable bonds is 6. The number of nitrogens with one attached hydrogen (secondary N) is 1. The van der Waals surface area contributed by atoms with E-state index in [1.807, 2.05) is 54.6 Å². The number of alkyl halides is 3. The zero-order chi connectivity index (χ0) is 28.4. The summed E-state index contributed by atoms with van der Waals surface area (Å²) in [5.74, 6) is -0.513. The quantitative estimate of drug-likeness (QED) is 0.287. The van der Waals surface area contributed by atoms with Crippen molar-refractivity contribution < 1.29 is 22.8 Å². The lowest BCUT2D eigenvalue weighted by Gasteiger charge is -2.32. The van der Waals surface area contributed by atoms with Crippen LogP contribution in [0.15, 0.2) is 73.2 Å². The number of carbonyl (C=O) groups excluding carboxylic acids is 2. The molecule has 1 aliphatic heterocycles. The van der Waals surface area contributed by atoms with Crippen LogP contribution in [-0.4, -0.2) is 39.4 Å². The summed E-state index contributed by atoms with van der Waals surface area (Å²) in [5.41, 5.74) is 2.38. The molecule has 0 spiro atoms. The minimum atomic E-state index is -4.59. The molecule has 0 aliphatic carbocycles. The molecule has 2 amide bonds. The number of pyridine rings is 1. The standard InChI is InChI=1S/C31H31F3N4O2/c1-20(2)38-18-26(27(19-38)31(32,33)34)30(40)37-14-11-23(12-15-37)22-6-8-25(9-7-22)36-29(39)17-21-5-10-28-24(16-21)4-3-13-35-28/h3-10,13,16,18-20,23H,11-12,14-15,17H2,1-2H3,(H,36,39). The summed E-state index contributed by atoms with van der Waals surface area (Å²) in [6.07, 6.45) is 1.03. The highest BCUT2D eigenvalue weighted by Crippen LogP contribution is 2.35.